The smallest absolute Gasteiger partial charge is 0.407 e. The molecule has 0 aromatic heterocycles. The average Bonchev–Trinajstić information content (AvgIpc) is 2.41. The van der Waals surface area contributed by atoms with Crippen LogP contribution in [0.1, 0.15) is 24.8 Å². The van der Waals surface area contributed by atoms with E-state index in [1.807, 2.05) is 30.3 Å². The van der Waals surface area contributed by atoms with E-state index >= 15 is 0 Å². The highest BCUT2D eigenvalue weighted by molar-refractivity contribution is 5.67. The summed E-state index contributed by atoms with van der Waals surface area (Å²) in [7, 11) is 1.69. The van der Waals surface area contributed by atoms with Gasteiger partial charge in [-0.25, -0.2) is 4.79 Å². The normalized spacial score (nSPS) is 10.1. The summed E-state index contributed by atoms with van der Waals surface area (Å²) in [4.78, 5) is 11.3. The minimum atomic E-state index is -0.356. The fourth-order valence-corrected chi connectivity index (χ4v) is 1.51. The van der Waals surface area contributed by atoms with Crippen molar-refractivity contribution in [2.45, 2.75) is 25.9 Å². The molecule has 18 heavy (non-hydrogen) atoms. The lowest BCUT2D eigenvalue weighted by atomic mass is 10.2. The number of carbonyl (C=O) groups is 1. The van der Waals surface area contributed by atoms with E-state index in [1.165, 1.54) is 0 Å². The molecule has 1 amide bonds. The van der Waals surface area contributed by atoms with E-state index in [0.717, 1.165) is 31.4 Å². The summed E-state index contributed by atoms with van der Waals surface area (Å²) in [6.07, 6.45) is 2.67. The summed E-state index contributed by atoms with van der Waals surface area (Å²) in [5, 5.41) is 2.73. The summed E-state index contributed by atoms with van der Waals surface area (Å²) < 4.78 is 10.0. The molecule has 0 heterocycles. The summed E-state index contributed by atoms with van der Waals surface area (Å²) in [5.41, 5.74) is 0.993. The summed E-state index contributed by atoms with van der Waals surface area (Å²) in [5.74, 6) is 0. The van der Waals surface area contributed by atoms with Crippen molar-refractivity contribution in [1.82, 2.24) is 5.32 Å². The molecule has 1 aromatic rings. The standard InChI is InChI=1S/C14H21NO3/c1-17-11-7-3-6-10-15-14(16)18-12-13-8-4-2-5-9-13/h2,4-5,8-9H,3,6-7,10-12H2,1H3,(H,15,16). The molecule has 1 aromatic carbocycles. The first-order valence-electron chi connectivity index (χ1n) is 6.26. The van der Waals surface area contributed by atoms with Gasteiger partial charge in [-0.2, -0.15) is 0 Å². The van der Waals surface area contributed by atoms with E-state index < -0.39 is 0 Å². The first-order valence-corrected chi connectivity index (χ1v) is 6.26. The van der Waals surface area contributed by atoms with Crippen molar-refractivity contribution in [3.8, 4) is 0 Å². The number of benzene rings is 1. The average molecular weight is 251 g/mol. The van der Waals surface area contributed by atoms with Crippen LogP contribution in [0.3, 0.4) is 0 Å². The van der Waals surface area contributed by atoms with Gasteiger partial charge in [0.2, 0.25) is 0 Å². The summed E-state index contributed by atoms with van der Waals surface area (Å²) >= 11 is 0. The van der Waals surface area contributed by atoms with Crippen LogP contribution in [0.4, 0.5) is 4.79 Å². The van der Waals surface area contributed by atoms with Gasteiger partial charge in [0.05, 0.1) is 0 Å². The van der Waals surface area contributed by atoms with Crippen molar-refractivity contribution in [2.75, 3.05) is 20.3 Å². The van der Waals surface area contributed by atoms with E-state index in [9.17, 15) is 4.79 Å². The SMILES string of the molecule is COCCCCCNC(=O)OCc1ccccc1. The third kappa shape index (κ3) is 6.91. The van der Waals surface area contributed by atoms with Gasteiger partial charge in [-0.3, -0.25) is 0 Å². The maximum atomic E-state index is 11.3. The van der Waals surface area contributed by atoms with Crippen LogP contribution in [-0.2, 0) is 16.1 Å². The van der Waals surface area contributed by atoms with Crippen molar-refractivity contribution in [3.05, 3.63) is 35.9 Å². The summed E-state index contributed by atoms with van der Waals surface area (Å²) in [6.45, 7) is 1.74. The number of amides is 1. The van der Waals surface area contributed by atoms with Crippen molar-refractivity contribution >= 4 is 6.09 Å². The van der Waals surface area contributed by atoms with Gasteiger partial charge in [0.1, 0.15) is 6.61 Å². The number of methoxy groups -OCH3 is 1. The fourth-order valence-electron chi connectivity index (χ4n) is 1.51. The maximum absolute atomic E-state index is 11.3. The van der Waals surface area contributed by atoms with Crippen LogP contribution in [0.15, 0.2) is 30.3 Å². The lowest BCUT2D eigenvalue weighted by Crippen LogP contribution is -2.25. The van der Waals surface area contributed by atoms with Crippen molar-refractivity contribution in [2.24, 2.45) is 0 Å². The number of rotatable bonds is 8. The molecule has 0 aliphatic heterocycles. The third-order valence-corrected chi connectivity index (χ3v) is 2.51. The Morgan fingerprint density at radius 2 is 1.94 bits per heavy atom. The topological polar surface area (TPSA) is 47.6 Å². The second kappa shape index (κ2) is 9.48. The van der Waals surface area contributed by atoms with Crippen LogP contribution in [0.5, 0.6) is 0 Å². The predicted molar refractivity (Wildman–Crippen MR) is 70.4 cm³/mol. The number of unbranched alkanes of at least 4 members (excludes halogenated alkanes) is 2. The molecule has 0 bridgehead atoms. The Morgan fingerprint density at radius 3 is 2.67 bits per heavy atom. The highest BCUT2D eigenvalue weighted by Gasteiger charge is 2.01. The minimum Gasteiger partial charge on any atom is -0.445 e. The quantitative estimate of drug-likeness (QED) is 0.723. The van der Waals surface area contributed by atoms with Gasteiger partial charge < -0.3 is 14.8 Å². The molecule has 0 saturated heterocycles. The molecule has 0 unspecified atom stereocenters. The van der Waals surface area contributed by atoms with Crippen molar-refractivity contribution < 1.29 is 14.3 Å². The van der Waals surface area contributed by atoms with Gasteiger partial charge in [-0.15, -0.1) is 0 Å². The number of hydrogen-bond acceptors (Lipinski definition) is 3. The van der Waals surface area contributed by atoms with Crippen molar-refractivity contribution in [1.29, 1.82) is 0 Å². The van der Waals surface area contributed by atoms with Crippen LogP contribution in [0.2, 0.25) is 0 Å². The van der Waals surface area contributed by atoms with E-state index in [0.29, 0.717) is 13.2 Å². The number of hydrogen-bond donors (Lipinski definition) is 1. The lowest BCUT2D eigenvalue weighted by Gasteiger charge is -2.06. The monoisotopic (exact) mass is 251 g/mol. The second-order valence-corrected chi connectivity index (χ2v) is 4.04. The first kappa shape index (κ1) is 14.5. The Morgan fingerprint density at radius 1 is 1.17 bits per heavy atom. The molecule has 4 heteroatoms. The van der Waals surface area contributed by atoms with Gasteiger partial charge in [0.15, 0.2) is 0 Å². The maximum Gasteiger partial charge on any atom is 0.407 e. The van der Waals surface area contributed by atoms with Gasteiger partial charge >= 0.3 is 6.09 Å². The second-order valence-electron chi connectivity index (χ2n) is 4.04. The number of carbonyl (C=O) groups excluding carboxylic acids is 1. The van der Waals surface area contributed by atoms with Gasteiger partial charge in [0.25, 0.3) is 0 Å². The Hall–Kier alpha value is -1.55. The highest BCUT2D eigenvalue weighted by Crippen LogP contribution is 2.00. The Labute approximate surface area is 108 Å². The number of alkyl carbamates (subject to hydrolysis) is 1. The van der Waals surface area contributed by atoms with Crippen molar-refractivity contribution in [3.63, 3.8) is 0 Å². The highest BCUT2D eigenvalue weighted by atomic mass is 16.5. The largest absolute Gasteiger partial charge is 0.445 e. The molecular weight excluding hydrogens is 230 g/mol. The molecule has 0 aliphatic rings. The molecule has 0 spiro atoms. The molecule has 0 radical (unpaired) electrons. The molecule has 100 valence electrons. The molecule has 0 fully saturated rings. The van der Waals surface area contributed by atoms with E-state index in [1.54, 1.807) is 7.11 Å². The van der Waals surface area contributed by atoms with Crippen LogP contribution in [-0.4, -0.2) is 26.4 Å². The van der Waals surface area contributed by atoms with Crippen LogP contribution in [0, 0.1) is 0 Å². The molecule has 0 saturated carbocycles. The molecule has 1 N–H and O–H groups in total. The van der Waals surface area contributed by atoms with Gasteiger partial charge in [-0.05, 0) is 24.8 Å². The Bertz CT molecular complexity index is 327. The number of ether oxygens (including phenoxy) is 2. The molecule has 0 aliphatic carbocycles. The zero-order valence-corrected chi connectivity index (χ0v) is 10.9. The van der Waals surface area contributed by atoms with Gasteiger partial charge in [-0.1, -0.05) is 30.3 Å². The minimum absolute atomic E-state index is 0.316. The molecular formula is C14H21NO3. The lowest BCUT2D eigenvalue weighted by molar-refractivity contribution is 0.139. The zero-order chi connectivity index (χ0) is 13.1. The fraction of sp³-hybridized carbons (Fsp3) is 0.500. The molecule has 4 nitrogen and oxygen atoms in total. The first-order chi connectivity index (χ1) is 8.83. The van der Waals surface area contributed by atoms with Crippen LogP contribution in [0.25, 0.3) is 0 Å². The van der Waals surface area contributed by atoms with Crippen LogP contribution < -0.4 is 5.32 Å². The number of nitrogens with one attached hydrogen (secondary N) is 1. The van der Waals surface area contributed by atoms with Gasteiger partial charge in [0, 0.05) is 20.3 Å². The molecule has 1 rings (SSSR count). The molecule has 0 atom stereocenters. The van der Waals surface area contributed by atoms with E-state index in [4.69, 9.17) is 9.47 Å². The van der Waals surface area contributed by atoms with E-state index in [-0.39, 0.29) is 6.09 Å². The van der Waals surface area contributed by atoms with E-state index in [2.05, 4.69) is 5.32 Å². The Balaban J connectivity index is 2.01. The summed E-state index contributed by atoms with van der Waals surface area (Å²) in [6, 6.07) is 9.64. The predicted octanol–water partition coefficient (Wildman–Crippen LogP) is 2.73. The zero-order valence-electron chi connectivity index (χ0n) is 10.9. The third-order valence-electron chi connectivity index (χ3n) is 2.51. The Kier molecular flexibility index (Phi) is 7.64. The van der Waals surface area contributed by atoms with Crippen LogP contribution >= 0.6 is 0 Å².